The number of likely N-dealkylation sites (N-methyl/N-ethyl adjacent to an activating group) is 1. The Balaban J connectivity index is 1.31. The highest BCUT2D eigenvalue weighted by atomic mass is 35.5. The maximum absolute atomic E-state index is 12.7. The number of benzene rings is 1. The summed E-state index contributed by atoms with van der Waals surface area (Å²) in [6.07, 6.45) is 3.39. The Labute approximate surface area is 179 Å². The molecule has 1 aliphatic heterocycles. The van der Waals surface area contributed by atoms with Crippen LogP contribution in [0.25, 0.3) is 10.9 Å². The van der Waals surface area contributed by atoms with Crippen LogP contribution in [0.3, 0.4) is 0 Å². The first-order valence-corrected chi connectivity index (χ1v) is 10.3. The molecule has 0 spiro atoms. The Hall–Kier alpha value is -3.00. The molecule has 1 fully saturated rings. The van der Waals surface area contributed by atoms with Crippen molar-refractivity contribution in [3.63, 3.8) is 0 Å². The van der Waals surface area contributed by atoms with E-state index in [4.69, 9.17) is 16.1 Å². The highest BCUT2D eigenvalue weighted by molar-refractivity contribution is 6.31. The number of aromatic amines is 1. The van der Waals surface area contributed by atoms with Gasteiger partial charge in [-0.3, -0.25) is 4.79 Å². The van der Waals surface area contributed by atoms with E-state index in [1.54, 1.807) is 22.9 Å². The minimum absolute atomic E-state index is 0.000792. The van der Waals surface area contributed by atoms with E-state index in [-0.39, 0.29) is 24.4 Å². The summed E-state index contributed by atoms with van der Waals surface area (Å²) in [4.78, 5) is 32.0. The zero-order chi connectivity index (χ0) is 21.1. The molecule has 1 aromatic carbocycles. The molecular formula is C21H24ClN5O3. The van der Waals surface area contributed by atoms with Crippen molar-refractivity contribution in [3.05, 3.63) is 53.0 Å². The fourth-order valence-electron chi connectivity index (χ4n) is 3.81. The Bertz CT molecular complexity index is 1030. The number of aromatic nitrogens is 2. The fourth-order valence-corrected chi connectivity index (χ4v) is 3.99. The van der Waals surface area contributed by atoms with Crippen LogP contribution in [-0.2, 0) is 17.8 Å². The summed E-state index contributed by atoms with van der Waals surface area (Å²) < 4.78 is 4.79. The van der Waals surface area contributed by atoms with Crippen LogP contribution < -0.4 is 5.32 Å². The van der Waals surface area contributed by atoms with Crippen LogP contribution in [0.1, 0.15) is 24.2 Å². The number of halogens is 1. The number of nitrogens with one attached hydrogen (secondary N) is 2. The predicted molar refractivity (Wildman–Crippen MR) is 113 cm³/mol. The number of amides is 3. The molecule has 2 aromatic heterocycles. The quantitative estimate of drug-likeness (QED) is 0.651. The molecule has 1 saturated heterocycles. The SMILES string of the molecule is CN(C(=O)NCc1cc2cc(Cl)ccc2[nH]1)[C@@H]1CCCN(C(=O)Cc2ccon2)C1. The molecule has 0 aliphatic carbocycles. The van der Waals surface area contributed by atoms with Gasteiger partial charge in [-0.2, -0.15) is 0 Å². The fraction of sp³-hybridized carbons (Fsp3) is 0.381. The van der Waals surface area contributed by atoms with Gasteiger partial charge in [0.15, 0.2) is 0 Å². The zero-order valence-corrected chi connectivity index (χ0v) is 17.5. The van der Waals surface area contributed by atoms with E-state index in [9.17, 15) is 9.59 Å². The summed E-state index contributed by atoms with van der Waals surface area (Å²) in [7, 11) is 1.77. The largest absolute Gasteiger partial charge is 0.364 e. The second kappa shape index (κ2) is 8.79. The molecule has 9 heteroatoms. The second-order valence-corrected chi connectivity index (χ2v) is 8.04. The van der Waals surface area contributed by atoms with Gasteiger partial charge in [0.1, 0.15) is 6.26 Å². The number of likely N-dealkylation sites (tertiary alicyclic amines) is 1. The number of carbonyl (C=O) groups is 2. The van der Waals surface area contributed by atoms with Gasteiger partial charge in [-0.1, -0.05) is 16.8 Å². The van der Waals surface area contributed by atoms with Crippen molar-refractivity contribution in [2.24, 2.45) is 0 Å². The number of piperidine rings is 1. The first-order chi connectivity index (χ1) is 14.5. The van der Waals surface area contributed by atoms with Gasteiger partial charge >= 0.3 is 6.03 Å². The minimum atomic E-state index is -0.164. The third-order valence-electron chi connectivity index (χ3n) is 5.51. The lowest BCUT2D eigenvalue weighted by Gasteiger charge is -2.37. The van der Waals surface area contributed by atoms with E-state index in [1.165, 1.54) is 6.26 Å². The lowest BCUT2D eigenvalue weighted by Crippen LogP contribution is -2.52. The molecule has 3 heterocycles. The molecule has 30 heavy (non-hydrogen) atoms. The molecule has 0 saturated carbocycles. The van der Waals surface area contributed by atoms with Gasteiger partial charge in [-0.15, -0.1) is 0 Å². The maximum atomic E-state index is 12.7. The molecule has 1 aliphatic rings. The van der Waals surface area contributed by atoms with Crippen LogP contribution in [0, 0.1) is 0 Å². The van der Waals surface area contributed by atoms with Crippen molar-refractivity contribution in [3.8, 4) is 0 Å². The summed E-state index contributed by atoms with van der Waals surface area (Å²) in [5, 5.41) is 8.43. The average molecular weight is 430 g/mol. The topological polar surface area (TPSA) is 94.5 Å². The normalized spacial score (nSPS) is 16.6. The van der Waals surface area contributed by atoms with Gasteiger partial charge in [0.25, 0.3) is 0 Å². The van der Waals surface area contributed by atoms with E-state index in [1.807, 2.05) is 24.3 Å². The van der Waals surface area contributed by atoms with Crippen LogP contribution in [0.15, 0.2) is 41.1 Å². The van der Waals surface area contributed by atoms with Gasteiger partial charge in [-0.25, -0.2) is 4.79 Å². The van der Waals surface area contributed by atoms with E-state index in [0.717, 1.165) is 29.4 Å². The first-order valence-electron chi connectivity index (χ1n) is 9.94. The van der Waals surface area contributed by atoms with Gasteiger partial charge in [0.05, 0.1) is 24.7 Å². The summed E-state index contributed by atoms with van der Waals surface area (Å²) in [6.45, 7) is 1.60. The summed E-state index contributed by atoms with van der Waals surface area (Å²) in [5.74, 6) is -0.000792. The molecule has 0 bridgehead atoms. The van der Waals surface area contributed by atoms with Crippen LogP contribution in [0.4, 0.5) is 4.79 Å². The molecule has 4 rings (SSSR count). The van der Waals surface area contributed by atoms with Crippen molar-refractivity contribution in [1.29, 1.82) is 0 Å². The molecule has 158 valence electrons. The number of carbonyl (C=O) groups excluding carboxylic acids is 2. The highest BCUT2D eigenvalue weighted by Gasteiger charge is 2.28. The third kappa shape index (κ3) is 4.59. The number of hydrogen-bond acceptors (Lipinski definition) is 4. The zero-order valence-electron chi connectivity index (χ0n) is 16.7. The van der Waals surface area contributed by atoms with Gasteiger partial charge in [0, 0.05) is 47.8 Å². The van der Waals surface area contributed by atoms with Gasteiger partial charge < -0.3 is 24.6 Å². The monoisotopic (exact) mass is 429 g/mol. The average Bonchev–Trinajstić information content (AvgIpc) is 3.40. The van der Waals surface area contributed by atoms with Crippen molar-refractivity contribution < 1.29 is 14.1 Å². The number of hydrogen-bond donors (Lipinski definition) is 2. The van der Waals surface area contributed by atoms with Crippen LogP contribution in [-0.4, -0.2) is 58.1 Å². The Morgan fingerprint density at radius 1 is 1.37 bits per heavy atom. The van der Waals surface area contributed by atoms with Crippen molar-refractivity contribution in [1.82, 2.24) is 25.3 Å². The molecular weight excluding hydrogens is 406 g/mol. The van der Waals surface area contributed by atoms with Crippen LogP contribution in [0.5, 0.6) is 0 Å². The molecule has 0 radical (unpaired) electrons. The standard InChI is InChI=1S/C21H24ClN5O3/c1-26(18-3-2-7-27(13-18)20(28)11-16-6-8-30-25-16)21(29)23-12-17-10-14-9-15(22)4-5-19(14)24-17/h4-6,8-10,18,24H,2-3,7,11-13H2,1H3,(H,23,29)/t18-/m1/s1. The lowest BCUT2D eigenvalue weighted by atomic mass is 10.0. The van der Waals surface area contributed by atoms with Gasteiger partial charge in [0.2, 0.25) is 5.91 Å². The molecule has 3 amide bonds. The van der Waals surface area contributed by atoms with Crippen molar-refractivity contribution >= 4 is 34.4 Å². The summed E-state index contributed by atoms with van der Waals surface area (Å²) in [5.41, 5.74) is 2.50. The third-order valence-corrected chi connectivity index (χ3v) is 5.74. The van der Waals surface area contributed by atoms with Crippen LogP contribution in [0.2, 0.25) is 5.02 Å². The number of rotatable bonds is 5. The first kappa shape index (κ1) is 20.3. The molecule has 1 atom stereocenters. The highest BCUT2D eigenvalue weighted by Crippen LogP contribution is 2.20. The minimum Gasteiger partial charge on any atom is -0.364 e. The van der Waals surface area contributed by atoms with Gasteiger partial charge in [-0.05, 0) is 37.1 Å². The van der Waals surface area contributed by atoms with E-state index in [2.05, 4.69) is 15.5 Å². The second-order valence-electron chi connectivity index (χ2n) is 7.60. The van der Waals surface area contributed by atoms with Crippen LogP contribution >= 0.6 is 11.6 Å². The Morgan fingerprint density at radius 3 is 3.03 bits per heavy atom. The number of urea groups is 1. The number of H-pyrrole nitrogens is 1. The Morgan fingerprint density at radius 2 is 2.23 bits per heavy atom. The van der Waals surface area contributed by atoms with E-state index >= 15 is 0 Å². The predicted octanol–water partition coefficient (Wildman–Crippen LogP) is 3.18. The number of nitrogens with zero attached hydrogens (tertiary/aromatic N) is 3. The molecule has 3 aromatic rings. The molecule has 8 nitrogen and oxygen atoms in total. The van der Waals surface area contributed by atoms with Crippen molar-refractivity contribution in [2.45, 2.75) is 31.8 Å². The lowest BCUT2D eigenvalue weighted by molar-refractivity contribution is -0.132. The summed E-state index contributed by atoms with van der Waals surface area (Å²) >= 11 is 6.03. The summed E-state index contributed by atoms with van der Waals surface area (Å²) in [6, 6.07) is 9.11. The molecule has 2 N–H and O–H groups in total. The molecule has 0 unspecified atom stereocenters. The van der Waals surface area contributed by atoms with E-state index < -0.39 is 0 Å². The smallest absolute Gasteiger partial charge is 0.317 e. The maximum Gasteiger partial charge on any atom is 0.317 e. The van der Waals surface area contributed by atoms with Crippen molar-refractivity contribution in [2.75, 3.05) is 20.1 Å². The number of fused-ring (bicyclic) bond motifs is 1. The van der Waals surface area contributed by atoms with E-state index in [0.29, 0.717) is 30.4 Å². The Kier molecular flexibility index (Phi) is 5.94.